The van der Waals surface area contributed by atoms with E-state index in [-0.39, 0.29) is 17.7 Å². The highest BCUT2D eigenvalue weighted by Crippen LogP contribution is 2.50. The second kappa shape index (κ2) is 6.94. The number of ether oxygens (including phenoxy) is 3. The maximum Gasteiger partial charge on any atom is 0.330 e. The van der Waals surface area contributed by atoms with Crippen molar-refractivity contribution in [2.75, 3.05) is 13.7 Å². The number of carbonyl (C=O) groups excluding carboxylic acids is 1. The van der Waals surface area contributed by atoms with Gasteiger partial charge < -0.3 is 14.2 Å². The van der Waals surface area contributed by atoms with Crippen LogP contribution in [0.25, 0.3) is 0 Å². The molecule has 0 bridgehead atoms. The van der Waals surface area contributed by atoms with Crippen molar-refractivity contribution in [2.24, 2.45) is 5.92 Å². The molecule has 1 saturated carbocycles. The second-order valence-electron chi connectivity index (χ2n) is 5.78. The molecule has 116 valence electrons. The second-order valence-corrected chi connectivity index (χ2v) is 5.78. The third kappa shape index (κ3) is 3.97. The van der Waals surface area contributed by atoms with Gasteiger partial charge in [-0.15, -0.1) is 0 Å². The molecule has 1 aliphatic heterocycles. The van der Waals surface area contributed by atoms with E-state index in [1.54, 1.807) is 20.3 Å². The van der Waals surface area contributed by atoms with Crippen LogP contribution < -0.4 is 0 Å². The first kappa shape index (κ1) is 15.8. The van der Waals surface area contributed by atoms with Crippen molar-refractivity contribution in [3.63, 3.8) is 0 Å². The summed E-state index contributed by atoms with van der Waals surface area (Å²) in [5.74, 6) is 0.213. The summed E-state index contributed by atoms with van der Waals surface area (Å²) in [6.45, 7) is 4.37. The van der Waals surface area contributed by atoms with Crippen LogP contribution in [-0.2, 0) is 19.0 Å². The van der Waals surface area contributed by atoms with Gasteiger partial charge in [0.1, 0.15) is 0 Å². The smallest absolute Gasteiger partial charge is 0.330 e. The SMILES string of the molecule is CCOC(=O)/C=C/[C@@H]1C[C@@H]2C/C(=C\C=C\OC)C[C@]2(C)O1. The lowest BCUT2D eigenvalue weighted by Crippen LogP contribution is -2.26. The van der Waals surface area contributed by atoms with Crippen molar-refractivity contribution < 1.29 is 19.0 Å². The van der Waals surface area contributed by atoms with E-state index in [1.165, 1.54) is 11.6 Å². The average Bonchev–Trinajstić information content (AvgIpc) is 2.88. The Morgan fingerprint density at radius 1 is 1.52 bits per heavy atom. The number of hydrogen-bond donors (Lipinski definition) is 0. The molecule has 1 aliphatic carbocycles. The Kier molecular flexibility index (Phi) is 5.23. The van der Waals surface area contributed by atoms with Crippen LogP contribution in [0.3, 0.4) is 0 Å². The maximum absolute atomic E-state index is 11.3. The van der Waals surface area contributed by atoms with E-state index in [4.69, 9.17) is 14.2 Å². The zero-order chi connectivity index (χ0) is 15.3. The van der Waals surface area contributed by atoms with Crippen molar-refractivity contribution in [3.05, 3.63) is 36.1 Å². The lowest BCUT2D eigenvalue weighted by atomic mass is 9.92. The predicted molar refractivity (Wildman–Crippen MR) is 80.6 cm³/mol. The minimum atomic E-state index is -0.298. The lowest BCUT2D eigenvalue weighted by molar-refractivity contribution is -0.137. The molecular formula is C17H24O4. The highest BCUT2D eigenvalue weighted by molar-refractivity contribution is 5.81. The van der Waals surface area contributed by atoms with Crippen molar-refractivity contribution in [1.82, 2.24) is 0 Å². The zero-order valence-electron chi connectivity index (χ0n) is 13.0. The van der Waals surface area contributed by atoms with Crippen molar-refractivity contribution in [3.8, 4) is 0 Å². The molecule has 0 aromatic heterocycles. The molecule has 1 saturated heterocycles. The lowest BCUT2D eigenvalue weighted by Gasteiger charge is -2.22. The summed E-state index contributed by atoms with van der Waals surface area (Å²) in [6, 6.07) is 0. The van der Waals surface area contributed by atoms with Gasteiger partial charge in [-0.2, -0.15) is 0 Å². The first-order chi connectivity index (χ1) is 10.1. The molecule has 21 heavy (non-hydrogen) atoms. The predicted octanol–water partition coefficient (Wildman–Crippen LogP) is 3.15. The highest BCUT2D eigenvalue weighted by Gasteiger charge is 2.48. The molecule has 2 fully saturated rings. The number of methoxy groups -OCH3 is 1. The summed E-state index contributed by atoms with van der Waals surface area (Å²) in [5.41, 5.74) is 1.28. The van der Waals surface area contributed by atoms with Gasteiger partial charge in [0.2, 0.25) is 0 Å². The monoisotopic (exact) mass is 292 g/mol. The summed E-state index contributed by atoms with van der Waals surface area (Å²) in [4.78, 5) is 11.3. The first-order valence-corrected chi connectivity index (χ1v) is 7.47. The number of allylic oxidation sites excluding steroid dienone is 2. The fourth-order valence-corrected chi connectivity index (χ4v) is 3.22. The number of carbonyl (C=O) groups is 1. The van der Waals surface area contributed by atoms with Gasteiger partial charge in [0.25, 0.3) is 0 Å². The Morgan fingerprint density at radius 3 is 3.00 bits per heavy atom. The molecule has 0 N–H and O–H groups in total. The fraction of sp³-hybridized carbons (Fsp3) is 0.588. The fourth-order valence-electron chi connectivity index (χ4n) is 3.22. The van der Waals surface area contributed by atoms with E-state index in [2.05, 4.69) is 13.0 Å². The number of rotatable bonds is 5. The van der Waals surface area contributed by atoms with Crippen LogP contribution in [0.1, 0.15) is 33.1 Å². The van der Waals surface area contributed by atoms with E-state index in [0.29, 0.717) is 12.5 Å². The van der Waals surface area contributed by atoms with Gasteiger partial charge in [-0.25, -0.2) is 4.79 Å². The van der Waals surface area contributed by atoms with Crippen molar-refractivity contribution in [2.45, 2.75) is 44.8 Å². The minimum absolute atomic E-state index is 0.0143. The van der Waals surface area contributed by atoms with E-state index < -0.39 is 0 Å². The Morgan fingerprint density at radius 2 is 2.33 bits per heavy atom. The van der Waals surface area contributed by atoms with Crippen LogP contribution in [0, 0.1) is 5.92 Å². The summed E-state index contributed by atoms with van der Waals surface area (Å²) in [7, 11) is 1.64. The summed E-state index contributed by atoms with van der Waals surface area (Å²) >= 11 is 0. The number of hydrogen-bond acceptors (Lipinski definition) is 4. The zero-order valence-corrected chi connectivity index (χ0v) is 13.0. The van der Waals surface area contributed by atoms with E-state index in [1.807, 2.05) is 12.2 Å². The van der Waals surface area contributed by atoms with Gasteiger partial charge in [-0.05, 0) is 51.2 Å². The van der Waals surface area contributed by atoms with Crippen LogP contribution >= 0.6 is 0 Å². The summed E-state index contributed by atoms with van der Waals surface area (Å²) in [6.07, 6.45) is 12.0. The van der Waals surface area contributed by atoms with E-state index in [9.17, 15) is 4.79 Å². The quantitative estimate of drug-likeness (QED) is 0.443. The molecule has 0 radical (unpaired) electrons. The Labute approximate surface area is 126 Å². The number of esters is 1. The summed E-state index contributed by atoms with van der Waals surface area (Å²) in [5, 5.41) is 0. The Balaban J connectivity index is 1.91. The van der Waals surface area contributed by atoms with Gasteiger partial charge in [-0.1, -0.05) is 11.6 Å². The van der Waals surface area contributed by atoms with Gasteiger partial charge in [0, 0.05) is 6.08 Å². The molecular weight excluding hydrogens is 268 g/mol. The molecule has 4 nitrogen and oxygen atoms in total. The van der Waals surface area contributed by atoms with Crippen LogP contribution in [-0.4, -0.2) is 31.4 Å². The third-order valence-electron chi connectivity index (χ3n) is 4.17. The Bertz CT molecular complexity index is 463. The van der Waals surface area contributed by atoms with Crippen molar-refractivity contribution in [1.29, 1.82) is 0 Å². The van der Waals surface area contributed by atoms with Crippen LogP contribution in [0.4, 0.5) is 0 Å². The molecule has 4 heteroatoms. The number of fused-ring (bicyclic) bond motifs is 1. The van der Waals surface area contributed by atoms with E-state index >= 15 is 0 Å². The van der Waals surface area contributed by atoms with Crippen molar-refractivity contribution >= 4 is 5.97 Å². The van der Waals surface area contributed by atoms with Gasteiger partial charge in [0.05, 0.1) is 31.7 Å². The highest BCUT2D eigenvalue weighted by atomic mass is 16.5. The molecule has 0 unspecified atom stereocenters. The molecule has 0 aromatic rings. The third-order valence-corrected chi connectivity index (χ3v) is 4.17. The topological polar surface area (TPSA) is 44.8 Å². The standard InChI is InChI=1S/C17H24O4/c1-4-20-16(18)8-7-15-11-14-10-13(6-5-9-19-3)12-17(14,2)21-15/h5-9,14-15H,4,10-12H2,1-3H3/b8-7+,9-5+,13-6+/t14-,15+,17-/m0/s1. The van der Waals surface area contributed by atoms with Crippen LogP contribution in [0.2, 0.25) is 0 Å². The Hall–Kier alpha value is -1.55. The maximum atomic E-state index is 11.3. The molecule has 2 aliphatic rings. The molecule has 2 rings (SSSR count). The van der Waals surface area contributed by atoms with Gasteiger partial charge >= 0.3 is 5.97 Å². The van der Waals surface area contributed by atoms with Crippen LogP contribution in [0.5, 0.6) is 0 Å². The normalized spacial score (nSPS) is 34.0. The van der Waals surface area contributed by atoms with Crippen LogP contribution in [0.15, 0.2) is 36.1 Å². The van der Waals surface area contributed by atoms with E-state index in [0.717, 1.165) is 19.3 Å². The largest absolute Gasteiger partial charge is 0.504 e. The molecule has 0 aromatic carbocycles. The average molecular weight is 292 g/mol. The van der Waals surface area contributed by atoms with Gasteiger partial charge in [-0.3, -0.25) is 0 Å². The summed E-state index contributed by atoms with van der Waals surface area (Å²) < 4.78 is 15.9. The molecule has 0 spiro atoms. The molecule has 3 atom stereocenters. The molecule has 1 heterocycles. The molecule has 0 amide bonds. The first-order valence-electron chi connectivity index (χ1n) is 7.47. The van der Waals surface area contributed by atoms with Gasteiger partial charge in [0.15, 0.2) is 0 Å². The minimum Gasteiger partial charge on any atom is -0.504 e.